The molecule has 0 atom stereocenters. The van der Waals surface area contributed by atoms with Crippen LogP contribution in [0.4, 0.5) is 0 Å². The van der Waals surface area contributed by atoms with Gasteiger partial charge in [0.2, 0.25) is 0 Å². The third-order valence-corrected chi connectivity index (χ3v) is 0. The van der Waals surface area contributed by atoms with Crippen LogP contribution >= 0.6 is 0 Å². The molecule has 34 valence electrons. The molecule has 0 saturated heterocycles. The topological polar surface area (TPSA) is 0 Å². The molecule has 0 unspecified atom stereocenters. The number of rotatable bonds is 0. The average Bonchev–Trinajstić information content (AvgIpc) is 0.722. The summed E-state index contributed by atoms with van der Waals surface area (Å²) in [5, 5.41) is 0. The molecule has 0 rings (SSSR count). The van der Waals surface area contributed by atoms with Crippen molar-refractivity contribution >= 4 is 18.8 Å². The van der Waals surface area contributed by atoms with Crippen molar-refractivity contribution in [1.82, 2.24) is 0 Å². The Labute approximate surface area is 38.6 Å². The van der Waals surface area contributed by atoms with Crippen LogP contribution in [-0.4, -0.2) is 18.8 Å². The fourth-order valence-electron chi connectivity index (χ4n) is 0. The first-order valence-electron chi connectivity index (χ1n) is 2.00. The van der Waals surface area contributed by atoms with Gasteiger partial charge < -0.3 is 0 Å². The van der Waals surface area contributed by atoms with E-state index in [-0.39, 0.29) is 0 Å². The molecule has 0 spiro atoms. The summed E-state index contributed by atoms with van der Waals surface area (Å²) in [6.45, 7) is 0. The van der Waals surface area contributed by atoms with E-state index in [2.05, 4.69) is 19.5 Å². The van der Waals surface area contributed by atoms with Gasteiger partial charge in [0.05, 0.1) is 0 Å². The summed E-state index contributed by atoms with van der Waals surface area (Å²) in [7, 11) is 0. The van der Waals surface area contributed by atoms with Gasteiger partial charge >= 0.3 is 38.3 Å². The molecule has 0 N–H and O–H groups in total. The van der Waals surface area contributed by atoms with Crippen molar-refractivity contribution in [1.29, 1.82) is 0 Å². The Morgan fingerprint density at radius 1 is 0.800 bits per heavy atom. The van der Waals surface area contributed by atoms with Crippen molar-refractivity contribution in [2.24, 2.45) is 0 Å². The van der Waals surface area contributed by atoms with Crippen molar-refractivity contribution in [3.8, 4) is 0 Å². The van der Waals surface area contributed by atoms with Crippen LogP contribution in [0.5, 0.6) is 0 Å². The summed E-state index contributed by atoms with van der Waals surface area (Å²) in [6, 6.07) is 0. The molecule has 0 aromatic carbocycles. The Morgan fingerprint density at radius 3 is 0.800 bits per heavy atom. The van der Waals surface area contributed by atoms with Crippen molar-refractivity contribution < 1.29 is 0 Å². The molecule has 5 heavy (non-hydrogen) atoms. The Bertz CT molecular complexity index is 19.1. The van der Waals surface area contributed by atoms with Gasteiger partial charge in [-0.1, -0.05) is 0 Å². The first kappa shape index (κ1) is 5.82. The van der Waals surface area contributed by atoms with Crippen LogP contribution in [0.2, 0.25) is 19.5 Å². The molecular formula is C4H13Sb. The van der Waals surface area contributed by atoms with Crippen LogP contribution in [0, 0.1) is 0 Å². The van der Waals surface area contributed by atoms with Gasteiger partial charge in [0.25, 0.3) is 0 Å². The van der Waals surface area contributed by atoms with E-state index in [9.17, 15) is 0 Å². The zero-order valence-electron chi connectivity index (χ0n) is 4.50. The third-order valence-electron chi connectivity index (χ3n) is 0. The monoisotopic (exact) mass is 182 g/mol. The zero-order chi connectivity index (χ0) is 4.50. The molecule has 1 heteroatoms. The van der Waals surface area contributed by atoms with Gasteiger partial charge in [0, 0.05) is 0 Å². The Kier molecular flexibility index (Phi) is 1.76. The second-order valence-electron chi connectivity index (χ2n) is 3.00. The second kappa shape index (κ2) is 1.51. The van der Waals surface area contributed by atoms with Gasteiger partial charge in [-0.2, -0.15) is 0 Å². The van der Waals surface area contributed by atoms with Crippen LogP contribution in [0.3, 0.4) is 0 Å². The van der Waals surface area contributed by atoms with Crippen molar-refractivity contribution in [2.75, 3.05) is 0 Å². The van der Waals surface area contributed by atoms with Crippen LogP contribution in [0.1, 0.15) is 0 Å². The standard InChI is InChI=1S/4CH3.Sb.H/h4*1H3;;. The van der Waals surface area contributed by atoms with E-state index in [0.29, 0.717) is 0 Å². The van der Waals surface area contributed by atoms with Crippen LogP contribution in [-0.2, 0) is 0 Å². The quantitative estimate of drug-likeness (QED) is 0.501. The summed E-state index contributed by atoms with van der Waals surface area (Å²) in [5.74, 6) is 0. The zero-order valence-corrected chi connectivity index (χ0v) is 7.35. The van der Waals surface area contributed by atoms with Crippen molar-refractivity contribution in [3.63, 3.8) is 0 Å². The van der Waals surface area contributed by atoms with E-state index in [1.54, 1.807) is 0 Å². The fraction of sp³-hybridized carbons (Fsp3) is 1.00. The molecular weight excluding hydrogens is 170 g/mol. The molecule has 0 aromatic rings. The van der Waals surface area contributed by atoms with Crippen LogP contribution in [0.25, 0.3) is 0 Å². The first-order chi connectivity index (χ1) is 2.00. The molecule has 0 aliphatic rings. The minimum absolute atomic E-state index is 1.18. The van der Waals surface area contributed by atoms with E-state index < -0.39 is 18.8 Å². The summed E-state index contributed by atoms with van der Waals surface area (Å²) in [4.78, 5) is 9.59. The molecule has 0 aliphatic heterocycles. The Balaban J connectivity index is 3.02. The van der Waals surface area contributed by atoms with Crippen molar-refractivity contribution in [3.05, 3.63) is 0 Å². The molecule has 0 saturated carbocycles. The maximum absolute atomic E-state index is 2.40. The van der Waals surface area contributed by atoms with Gasteiger partial charge in [-0.05, 0) is 0 Å². The third kappa shape index (κ3) is 57.2. The van der Waals surface area contributed by atoms with Gasteiger partial charge in [-0.15, -0.1) is 0 Å². The molecule has 0 heterocycles. The normalized spacial score (nSPS) is 15.2. The van der Waals surface area contributed by atoms with Gasteiger partial charge in [-0.25, -0.2) is 0 Å². The SMILES string of the molecule is [CH3][SbH]([CH3])([CH3])[CH3]. The number of hydrogen-bond acceptors (Lipinski definition) is 0. The average molecular weight is 183 g/mol. The first-order valence-corrected chi connectivity index (χ1v) is 13.4. The summed E-state index contributed by atoms with van der Waals surface area (Å²) < 4.78 is 0. The predicted molar refractivity (Wildman–Crippen MR) is 30.6 cm³/mol. The number of hydrogen-bond donors (Lipinski definition) is 0. The van der Waals surface area contributed by atoms with E-state index in [1.807, 2.05) is 0 Å². The van der Waals surface area contributed by atoms with Crippen LogP contribution in [0.15, 0.2) is 0 Å². The van der Waals surface area contributed by atoms with Crippen molar-refractivity contribution in [2.45, 2.75) is 19.5 Å². The molecule has 0 nitrogen and oxygen atoms in total. The predicted octanol–water partition coefficient (Wildman–Crippen LogP) is 1.69. The molecule has 0 radical (unpaired) electrons. The summed E-state index contributed by atoms with van der Waals surface area (Å²) >= 11 is -1.18. The fourth-order valence-corrected chi connectivity index (χ4v) is 0. The van der Waals surface area contributed by atoms with E-state index in [0.717, 1.165) is 0 Å². The van der Waals surface area contributed by atoms with Gasteiger partial charge in [0.1, 0.15) is 0 Å². The Hall–Kier alpha value is 0.818. The van der Waals surface area contributed by atoms with Gasteiger partial charge in [-0.3, -0.25) is 0 Å². The van der Waals surface area contributed by atoms with E-state index in [1.165, 1.54) is 0 Å². The van der Waals surface area contributed by atoms with Gasteiger partial charge in [0.15, 0.2) is 0 Å². The molecule has 0 bridgehead atoms. The molecule has 0 aliphatic carbocycles. The maximum atomic E-state index is 2.40. The second-order valence-corrected chi connectivity index (χ2v) is 20.1. The van der Waals surface area contributed by atoms with E-state index in [4.69, 9.17) is 0 Å². The van der Waals surface area contributed by atoms with Crippen LogP contribution < -0.4 is 0 Å². The Morgan fingerprint density at radius 2 is 0.800 bits per heavy atom. The molecule has 0 fully saturated rings. The minimum atomic E-state index is -1.18. The molecule has 0 aromatic heterocycles. The summed E-state index contributed by atoms with van der Waals surface area (Å²) in [6.07, 6.45) is 0. The summed E-state index contributed by atoms with van der Waals surface area (Å²) in [5.41, 5.74) is 0. The van der Waals surface area contributed by atoms with E-state index >= 15 is 0 Å². The molecule has 0 amide bonds.